The molecule has 1 N–H and O–H groups in total. The Hall–Kier alpha value is -0.890. The molecule has 1 aliphatic heterocycles. The molecule has 0 amide bonds. The predicted octanol–water partition coefficient (Wildman–Crippen LogP) is 1.44. The Kier molecular flexibility index (Phi) is 5.80. The number of nitrogens with one attached hydrogen (secondary N) is 1. The number of methoxy groups -OCH3 is 1. The van der Waals surface area contributed by atoms with E-state index in [2.05, 4.69) is 5.32 Å². The van der Waals surface area contributed by atoms with Crippen molar-refractivity contribution in [3.8, 4) is 0 Å². The Labute approximate surface area is 126 Å². The second-order valence-corrected chi connectivity index (χ2v) is 7.20. The third kappa shape index (κ3) is 4.06. The van der Waals surface area contributed by atoms with Crippen LogP contribution in [0, 0.1) is 5.92 Å². The molecule has 1 aromatic rings. The number of hydrogen-bond donors (Lipinski definition) is 1. The molecule has 1 fully saturated rings. The first-order valence-corrected chi connectivity index (χ1v) is 8.80. The van der Waals surface area contributed by atoms with Crippen LogP contribution in [0.5, 0.6) is 0 Å². The van der Waals surface area contributed by atoms with E-state index in [1.165, 1.54) is 4.31 Å². The van der Waals surface area contributed by atoms with Crippen LogP contribution in [0.1, 0.15) is 25.5 Å². The molecule has 1 atom stereocenters. The van der Waals surface area contributed by atoms with Gasteiger partial charge in [0.05, 0.1) is 13.2 Å². The molecule has 21 heavy (non-hydrogen) atoms. The van der Waals surface area contributed by atoms with Crippen LogP contribution >= 0.6 is 0 Å². The van der Waals surface area contributed by atoms with Gasteiger partial charge in [0, 0.05) is 20.2 Å². The first kappa shape index (κ1) is 16.5. The van der Waals surface area contributed by atoms with Crippen LogP contribution in [0.3, 0.4) is 0 Å². The number of sulfonamides is 1. The van der Waals surface area contributed by atoms with Crippen molar-refractivity contribution < 1.29 is 17.6 Å². The first-order chi connectivity index (χ1) is 10.1. The third-order valence-corrected chi connectivity index (χ3v) is 5.40. The van der Waals surface area contributed by atoms with Crippen LogP contribution in [0.15, 0.2) is 21.6 Å². The van der Waals surface area contributed by atoms with Gasteiger partial charge in [-0.25, -0.2) is 8.42 Å². The highest BCUT2D eigenvalue weighted by atomic mass is 32.2. The molecule has 2 rings (SSSR count). The molecule has 120 valence electrons. The minimum absolute atomic E-state index is 0.0356. The van der Waals surface area contributed by atoms with E-state index in [0.29, 0.717) is 32.0 Å². The number of nitrogens with zero attached hydrogens (tertiary/aromatic N) is 1. The SMILES string of the molecule is CCNCc1ccc(S(=O)(=O)N2CCCC(COC)C2)o1. The summed E-state index contributed by atoms with van der Waals surface area (Å²) in [7, 11) is -1.89. The molecule has 0 aliphatic carbocycles. The fourth-order valence-corrected chi connectivity index (χ4v) is 4.07. The molecule has 1 aliphatic rings. The van der Waals surface area contributed by atoms with Gasteiger partial charge in [-0.2, -0.15) is 4.31 Å². The third-order valence-electron chi connectivity index (χ3n) is 3.66. The van der Waals surface area contributed by atoms with Gasteiger partial charge in [-0.3, -0.25) is 0 Å². The molecular formula is C14H24N2O4S. The Bertz CT molecular complexity index is 539. The van der Waals surface area contributed by atoms with Crippen LogP contribution < -0.4 is 5.32 Å². The lowest BCUT2D eigenvalue weighted by Gasteiger charge is -2.30. The van der Waals surface area contributed by atoms with Gasteiger partial charge in [0.1, 0.15) is 5.76 Å². The Morgan fingerprint density at radius 2 is 2.29 bits per heavy atom. The maximum Gasteiger partial charge on any atom is 0.276 e. The first-order valence-electron chi connectivity index (χ1n) is 7.36. The normalized spacial score (nSPS) is 20.8. The van der Waals surface area contributed by atoms with Gasteiger partial charge in [-0.1, -0.05) is 6.92 Å². The Morgan fingerprint density at radius 3 is 3.00 bits per heavy atom. The zero-order valence-electron chi connectivity index (χ0n) is 12.7. The molecule has 0 radical (unpaired) electrons. The number of hydrogen-bond acceptors (Lipinski definition) is 5. The Balaban J connectivity index is 2.08. The van der Waals surface area contributed by atoms with E-state index in [4.69, 9.17) is 9.15 Å². The van der Waals surface area contributed by atoms with Gasteiger partial charge in [0.25, 0.3) is 10.0 Å². The largest absolute Gasteiger partial charge is 0.447 e. The van der Waals surface area contributed by atoms with Gasteiger partial charge in [0.2, 0.25) is 5.09 Å². The highest BCUT2D eigenvalue weighted by Crippen LogP contribution is 2.25. The minimum Gasteiger partial charge on any atom is -0.447 e. The maximum absolute atomic E-state index is 12.6. The summed E-state index contributed by atoms with van der Waals surface area (Å²) in [5.41, 5.74) is 0. The molecule has 6 nitrogen and oxygen atoms in total. The van der Waals surface area contributed by atoms with Gasteiger partial charge in [-0.05, 0) is 37.4 Å². The number of furan rings is 1. The molecule has 0 saturated carbocycles. The summed E-state index contributed by atoms with van der Waals surface area (Å²) in [5.74, 6) is 0.899. The van der Waals surface area contributed by atoms with Crippen molar-refractivity contribution in [2.45, 2.75) is 31.4 Å². The van der Waals surface area contributed by atoms with Crippen LogP contribution in [0.25, 0.3) is 0 Å². The summed E-state index contributed by atoms with van der Waals surface area (Å²) in [5, 5.41) is 3.15. The van der Waals surface area contributed by atoms with E-state index in [1.54, 1.807) is 19.2 Å². The number of piperidine rings is 1. The zero-order chi connectivity index (χ0) is 15.3. The topological polar surface area (TPSA) is 71.8 Å². The van der Waals surface area contributed by atoms with Crippen molar-refractivity contribution in [3.05, 3.63) is 17.9 Å². The summed E-state index contributed by atoms with van der Waals surface area (Å²) in [6.45, 7) is 4.98. The average Bonchev–Trinajstić information content (AvgIpc) is 2.95. The van der Waals surface area contributed by atoms with E-state index in [9.17, 15) is 8.42 Å². The van der Waals surface area contributed by atoms with Gasteiger partial charge in [0.15, 0.2) is 0 Å². The summed E-state index contributed by atoms with van der Waals surface area (Å²) in [6.07, 6.45) is 1.86. The van der Waals surface area contributed by atoms with Crippen molar-refractivity contribution in [3.63, 3.8) is 0 Å². The van der Waals surface area contributed by atoms with Crippen LogP contribution in [0.4, 0.5) is 0 Å². The average molecular weight is 316 g/mol. The quantitative estimate of drug-likeness (QED) is 0.824. The molecule has 0 spiro atoms. The molecule has 2 heterocycles. The van der Waals surface area contributed by atoms with Crippen molar-refractivity contribution in [2.24, 2.45) is 5.92 Å². The van der Waals surface area contributed by atoms with E-state index in [0.717, 1.165) is 19.4 Å². The number of rotatable bonds is 7. The summed E-state index contributed by atoms with van der Waals surface area (Å²) in [6, 6.07) is 3.26. The fraction of sp³-hybridized carbons (Fsp3) is 0.714. The molecule has 1 aromatic heterocycles. The summed E-state index contributed by atoms with van der Waals surface area (Å²) >= 11 is 0. The van der Waals surface area contributed by atoms with Gasteiger partial charge in [-0.15, -0.1) is 0 Å². The van der Waals surface area contributed by atoms with Crippen molar-refractivity contribution in [2.75, 3.05) is 33.4 Å². The molecular weight excluding hydrogens is 292 g/mol. The highest BCUT2D eigenvalue weighted by Gasteiger charge is 2.32. The lowest BCUT2D eigenvalue weighted by atomic mass is 10.0. The van der Waals surface area contributed by atoms with Gasteiger partial charge >= 0.3 is 0 Å². The molecule has 1 unspecified atom stereocenters. The molecule has 0 bridgehead atoms. The fourth-order valence-electron chi connectivity index (χ4n) is 2.58. The maximum atomic E-state index is 12.6. The van der Waals surface area contributed by atoms with E-state index < -0.39 is 10.0 Å². The summed E-state index contributed by atoms with van der Waals surface area (Å²) < 4.78 is 37.3. The standard InChI is InChI=1S/C14H24N2O4S/c1-3-15-9-13-6-7-14(20-13)21(17,18)16-8-4-5-12(10-16)11-19-2/h6-7,12,15H,3-5,8-11H2,1-2H3. The van der Waals surface area contributed by atoms with Crippen LogP contribution in [-0.4, -0.2) is 46.1 Å². The van der Waals surface area contributed by atoms with Gasteiger partial charge < -0.3 is 14.5 Å². The number of ether oxygens (including phenoxy) is 1. The molecule has 0 aromatic carbocycles. The lowest BCUT2D eigenvalue weighted by molar-refractivity contribution is 0.118. The van der Waals surface area contributed by atoms with Crippen LogP contribution in [-0.2, 0) is 21.3 Å². The predicted molar refractivity (Wildman–Crippen MR) is 79.4 cm³/mol. The highest BCUT2D eigenvalue weighted by molar-refractivity contribution is 7.89. The van der Waals surface area contributed by atoms with E-state index in [-0.39, 0.29) is 11.0 Å². The van der Waals surface area contributed by atoms with Crippen molar-refractivity contribution >= 4 is 10.0 Å². The molecule has 1 saturated heterocycles. The molecule has 7 heteroatoms. The zero-order valence-corrected chi connectivity index (χ0v) is 13.5. The van der Waals surface area contributed by atoms with Crippen molar-refractivity contribution in [1.82, 2.24) is 9.62 Å². The minimum atomic E-state index is -3.53. The summed E-state index contributed by atoms with van der Waals surface area (Å²) in [4.78, 5) is 0. The van der Waals surface area contributed by atoms with E-state index >= 15 is 0 Å². The monoisotopic (exact) mass is 316 g/mol. The second-order valence-electron chi connectivity index (χ2n) is 5.33. The van der Waals surface area contributed by atoms with E-state index in [1.807, 2.05) is 6.92 Å². The van der Waals surface area contributed by atoms with Crippen LogP contribution in [0.2, 0.25) is 0 Å². The smallest absolute Gasteiger partial charge is 0.276 e. The lowest BCUT2D eigenvalue weighted by Crippen LogP contribution is -2.40. The Morgan fingerprint density at radius 1 is 1.48 bits per heavy atom. The van der Waals surface area contributed by atoms with Crippen molar-refractivity contribution in [1.29, 1.82) is 0 Å². The second kappa shape index (κ2) is 7.40.